The molecule has 0 heterocycles. The van der Waals surface area contributed by atoms with Crippen LogP contribution in [-0.4, -0.2) is 37.6 Å². The molecule has 0 aliphatic heterocycles. The molecule has 72 valence electrons. The van der Waals surface area contributed by atoms with Crippen molar-refractivity contribution in [3.05, 3.63) is 0 Å². The second-order valence-corrected chi connectivity index (χ2v) is 2.80. The molecule has 0 atom stereocenters. The lowest BCUT2D eigenvalue weighted by atomic mass is 10.3. The van der Waals surface area contributed by atoms with Gasteiger partial charge in [-0.15, -0.1) is 0 Å². The van der Waals surface area contributed by atoms with Crippen LogP contribution in [0.5, 0.6) is 0 Å². The monoisotopic (exact) mass is 173 g/mol. The van der Waals surface area contributed by atoms with Crippen LogP contribution in [0.15, 0.2) is 0 Å². The average molecular weight is 173 g/mol. The first-order chi connectivity index (χ1) is 5.74. The summed E-state index contributed by atoms with van der Waals surface area (Å²) >= 11 is 0. The highest BCUT2D eigenvalue weighted by molar-refractivity contribution is 5.71. The summed E-state index contributed by atoms with van der Waals surface area (Å²) in [6.07, 6.45) is 2.31. The second-order valence-electron chi connectivity index (χ2n) is 2.80. The van der Waals surface area contributed by atoms with Gasteiger partial charge in [0.15, 0.2) is 0 Å². The van der Waals surface area contributed by atoms with Gasteiger partial charge in [-0.3, -0.25) is 9.69 Å². The van der Waals surface area contributed by atoms with Gasteiger partial charge in [0.05, 0.1) is 13.7 Å². The number of carbonyl (C=O) groups excluding carboxylic acids is 1. The van der Waals surface area contributed by atoms with Crippen LogP contribution in [0.25, 0.3) is 0 Å². The molecule has 0 bridgehead atoms. The average Bonchev–Trinajstić information content (AvgIpc) is 2.11. The number of nitrogens with zero attached hydrogens (tertiary/aromatic N) is 1. The lowest BCUT2D eigenvalue weighted by Gasteiger charge is -2.17. The van der Waals surface area contributed by atoms with Gasteiger partial charge in [0.1, 0.15) is 0 Å². The Morgan fingerprint density at radius 2 is 2.08 bits per heavy atom. The minimum absolute atomic E-state index is 0.145. The van der Waals surface area contributed by atoms with Gasteiger partial charge in [-0.2, -0.15) is 0 Å². The van der Waals surface area contributed by atoms with Crippen molar-refractivity contribution in [1.29, 1.82) is 0 Å². The van der Waals surface area contributed by atoms with Crippen molar-refractivity contribution in [2.24, 2.45) is 0 Å². The van der Waals surface area contributed by atoms with Gasteiger partial charge in [-0.25, -0.2) is 0 Å². The van der Waals surface area contributed by atoms with Crippen LogP contribution >= 0.6 is 0 Å². The lowest BCUT2D eigenvalue weighted by Crippen LogP contribution is -2.31. The molecule has 0 aromatic rings. The first kappa shape index (κ1) is 11.4. The fourth-order valence-electron chi connectivity index (χ4n) is 0.978. The third-order valence-electron chi connectivity index (χ3n) is 1.86. The molecular weight excluding hydrogens is 154 g/mol. The minimum atomic E-state index is -0.145. The van der Waals surface area contributed by atoms with Gasteiger partial charge >= 0.3 is 5.97 Å². The Bertz CT molecular complexity index is 126. The molecule has 0 saturated heterocycles. The van der Waals surface area contributed by atoms with Gasteiger partial charge < -0.3 is 4.74 Å². The van der Waals surface area contributed by atoms with Gasteiger partial charge in [0.2, 0.25) is 0 Å². The summed E-state index contributed by atoms with van der Waals surface area (Å²) in [6.45, 7) is 6.52. The smallest absolute Gasteiger partial charge is 0.319 e. The van der Waals surface area contributed by atoms with Crippen LogP contribution in [0.2, 0.25) is 0 Å². The number of esters is 1. The third-order valence-corrected chi connectivity index (χ3v) is 1.86. The van der Waals surface area contributed by atoms with Gasteiger partial charge in [0, 0.05) is 0 Å². The van der Waals surface area contributed by atoms with Crippen LogP contribution in [0, 0.1) is 0 Å². The summed E-state index contributed by atoms with van der Waals surface area (Å²) in [6, 6.07) is 0. The van der Waals surface area contributed by atoms with Crippen molar-refractivity contribution < 1.29 is 9.53 Å². The summed E-state index contributed by atoms with van der Waals surface area (Å²) < 4.78 is 4.58. The summed E-state index contributed by atoms with van der Waals surface area (Å²) in [4.78, 5) is 13.0. The van der Waals surface area contributed by atoms with Crippen molar-refractivity contribution in [2.45, 2.75) is 26.7 Å². The number of hydrogen-bond acceptors (Lipinski definition) is 3. The fourth-order valence-corrected chi connectivity index (χ4v) is 0.978. The summed E-state index contributed by atoms with van der Waals surface area (Å²) in [5.41, 5.74) is 0. The Morgan fingerprint density at radius 3 is 2.50 bits per heavy atom. The summed E-state index contributed by atoms with van der Waals surface area (Å²) in [7, 11) is 1.43. The van der Waals surface area contributed by atoms with Gasteiger partial charge in [-0.1, -0.05) is 20.3 Å². The van der Waals surface area contributed by atoms with Crippen LogP contribution in [0.1, 0.15) is 26.7 Å². The molecule has 0 aromatic heterocycles. The van der Waals surface area contributed by atoms with Crippen molar-refractivity contribution in [2.75, 3.05) is 26.7 Å². The molecule has 12 heavy (non-hydrogen) atoms. The predicted molar refractivity (Wildman–Crippen MR) is 49.0 cm³/mol. The molecule has 0 fully saturated rings. The van der Waals surface area contributed by atoms with E-state index in [-0.39, 0.29) is 5.97 Å². The molecule has 0 aliphatic carbocycles. The number of methoxy groups -OCH3 is 1. The summed E-state index contributed by atoms with van der Waals surface area (Å²) in [5.74, 6) is -0.145. The van der Waals surface area contributed by atoms with E-state index in [1.807, 2.05) is 0 Å². The first-order valence-electron chi connectivity index (χ1n) is 4.53. The normalized spacial score (nSPS) is 10.3. The molecule has 0 rings (SSSR count). The maximum Gasteiger partial charge on any atom is 0.319 e. The van der Waals surface area contributed by atoms with Gasteiger partial charge in [-0.05, 0) is 19.5 Å². The van der Waals surface area contributed by atoms with E-state index in [9.17, 15) is 4.79 Å². The Labute approximate surface area is 74.7 Å². The van der Waals surface area contributed by atoms with Crippen LogP contribution in [0.3, 0.4) is 0 Å². The number of carbonyl (C=O) groups is 1. The molecule has 0 amide bonds. The van der Waals surface area contributed by atoms with Gasteiger partial charge in [0.25, 0.3) is 0 Å². The highest BCUT2D eigenvalue weighted by Gasteiger charge is 2.07. The quantitative estimate of drug-likeness (QED) is 0.567. The molecule has 3 nitrogen and oxygen atoms in total. The number of ether oxygens (including phenoxy) is 1. The molecule has 0 unspecified atom stereocenters. The zero-order chi connectivity index (χ0) is 9.40. The second kappa shape index (κ2) is 7.10. The van der Waals surface area contributed by atoms with Crippen molar-refractivity contribution in [3.63, 3.8) is 0 Å². The fraction of sp³-hybridized carbons (Fsp3) is 0.889. The van der Waals surface area contributed by atoms with Crippen LogP contribution in [-0.2, 0) is 9.53 Å². The zero-order valence-electron chi connectivity index (χ0n) is 8.30. The van der Waals surface area contributed by atoms with Crippen LogP contribution in [0.4, 0.5) is 0 Å². The summed E-state index contributed by atoms with van der Waals surface area (Å²) in [5, 5.41) is 0. The molecule has 0 N–H and O–H groups in total. The van der Waals surface area contributed by atoms with Crippen molar-refractivity contribution in [1.82, 2.24) is 4.90 Å². The zero-order valence-corrected chi connectivity index (χ0v) is 8.30. The largest absolute Gasteiger partial charge is 0.468 e. The lowest BCUT2D eigenvalue weighted by molar-refractivity contribution is -0.141. The van der Waals surface area contributed by atoms with E-state index in [0.717, 1.165) is 25.9 Å². The Kier molecular flexibility index (Phi) is 6.76. The van der Waals surface area contributed by atoms with E-state index in [0.29, 0.717) is 6.54 Å². The van der Waals surface area contributed by atoms with Crippen LogP contribution < -0.4 is 0 Å². The highest BCUT2D eigenvalue weighted by Crippen LogP contribution is 1.94. The number of rotatable bonds is 6. The molecule has 0 radical (unpaired) electrons. The Morgan fingerprint density at radius 1 is 1.42 bits per heavy atom. The SMILES string of the molecule is CCCCN(CC)CC(=O)OC. The Hall–Kier alpha value is -0.570. The maximum absolute atomic E-state index is 10.9. The molecular formula is C9H19NO2. The maximum atomic E-state index is 10.9. The van der Waals surface area contributed by atoms with E-state index in [2.05, 4.69) is 23.5 Å². The number of unbranched alkanes of at least 4 members (excludes halogenated alkanes) is 1. The van der Waals surface area contributed by atoms with Crippen molar-refractivity contribution >= 4 is 5.97 Å². The molecule has 0 spiro atoms. The first-order valence-corrected chi connectivity index (χ1v) is 4.53. The van der Waals surface area contributed by atoms with Crippen molar-refractivity contribution in [3.8, 4) is 0 Å². The molecule has 3 heteroatoms. The van der Waals surface area contributed by atoms with E-state index < -0.39 is 0 Å². The number of hydrogen-bond donors (Lipinski definition) is 0. The molecule has 0 aliphatic rings. The third kappa shape index (κ3) is 5.13. The number of likely N-dealkylation sites (N-methyl/N-ethyl adjacent to an activating group) is 1. The topological polar surface area (TPSA) is 29.5 Å². The predicted octanol–water partition coefficient (Wildman–Crippen LogP) is 1.28. The molecule has 0 aromatic carbocycles. The molecule has 0 saturated carbocycles. The van der Waals surface area contributed by atoms with E-state index in [1.54, 1.807) is 0 Å². The van der Waals surface area contributed by atoms with E-state index in [1.165, 1.54) is 7.11 Å². The Balaban J connectivity index is 3.59. The minimum Gasteiger partial charge on any atom is -0.468 e. The standard InChI is InChI=1S/C9H19NO2/c1-4-6-7-10(5-2)8-9(11)12-3/h4-8H2,1-3H3. The van der Waals surface area contributed by atoms with E-state index >= 15 is 0 Å². The van der Waals surface area contributed by atoms with E-state index in [4.69, 9.17) is 0 Å². The highest BCUT2D eigenvalue weighted by atomic mass is 16.5.